The minimum Gasteiger partial charge on any atom is -0.494 e. The predicted molar refractivity (Wildman–Crippen MR) is 164 cm³/mol. The van der Waals surface area contributed by atoms with Crippen molar-refractivity contribution in [3.05, 3.63) is 98.4 Å². The summed E-state index contributed by atoms with van der Waals surface area (Å²) in [6, 6.07) is 17.1. The predicted octanol–water partition coefficient (Wildman–Crippen LogP) is 5.17. The zero-order valence-corrected chi connectivity index (χ0v) is 25.9. The van der Waals surface area contributed by atoms with E-state index in [1.54, 1.807) is 55.1 Å². The van der Waals surface area contributed by atoms with Crippen LogP contribution in [0.25, 0.3) is 5.69 Å². The third-order valence-electron chi connectivity index (χ3n) is 6.40. The molecule has 3 aromatic carbocycles. The van der Waals surface area contributed by atoms with Crippen molar-refractivity contribution in [2.75, 3.05) is 16.6 Å². The lowest BCUT2D eigenvalue weighted by Gasteiger charge is -2.15. The third-order valence-corrected chi connectivity index (χ3v) is 8.56. The molecule has 4 aromatic rings. The Morgan fingerprint density at radius 3 is 2.28 bits per heavy atom. The molecule has 0 aliphatic rings. The second-order valence-electron chi connectivity index (χ2n) is 9.30. The highest BCUT2D eigenvalue weighted by molar-refractivity contribution is 7.92. The molecule has 4 rings (SSSR count). The van der Waals surface area contributed by atoms with Crippen LogP contribution in [0.5, 0.6) is 5.75 Å². The summed E-state index contributed by atoms with van der Waals surface area (Å²) in [5.74, 6) is -1.30. The highest BCUT2D eigenvalue weighted by atomic mass is 35.5. The summed E-state index contributed by atoms with van der Waals surface area (Å²) >= 11 is 12.4. The van der Waals surface area contributed by atoms with Gasteiger partial charge in [-0.3, -0.25) is 19.0 Å². The average molecular weight is 648 g/mol. The van der Waals surface area contributed by atoms with Gasteiger partial charge in [0.1, 0.15) is 16.3 Å². The van der Waals surface area contributed by atoms with Gasteiger partial charge in [0.2, 0.25) is 0 Å². The summed E-state index contributed by atoms with van der Waals surface area (Å²) < 4.78 is 42.3. The molecule has 0 fully saturated rings. The summed E-state index contributed by atoms with van der Waals surface area (Å²) in [4.78, 5) is 38.7. The molecule has 2 N–H and O–H groups in total. The molecular weight excluding hydrogens is 619 g/mol. The van der Waals surface area contributed by atoms with E-state index in [0.717, 1.165) is 12.1 Å². The summed E-state index contributed by atoms with van der Waals surface area (Å²) in [7, 11) is -2.60. The number of nitrogens with zero attached hydrogens (tertiary/aromatic N) is 2. The number of nitrogens with one attached hydrogen (secondary N) is 2. The van der Waals surface area contributed by atoms with Gasteiger partial charge in [-0.1, -0.05) is 41.4 Å². The maximum absolute atomic E-state index is 13.1. The van der Waals surface area contributed by atoms with Crippen molar-refractivity contribution in [3.8, 4) is 11.4 Å². The second kappa shape index (κ2) is 12.9. The van der Waals surface area contributed by atoms with Crippen LogP contribution in [0.2, 0.25) is 10.0 Å². The van der Waals surface area contributed by atoms with Crippen LogP contribution in [0.3, 0.4) is 0 Å². The van der Waals surface area contributed by atoms with Crippen molar-refractivity contribution < 1.29 is 27.5 Å². The Bertz CT molecular complexity index is 1840. The number of amides is 1. The minimum absolute atomic E-state index is 0.0116. The molecule has 1 unspecified atom stereocenters. The van der Waals surface area contributed by atoms with Crippen LogP contribution in [0.1, 0.15) is 29.9 Å². The number of benzene rings is 3. The summed E-state index contributed by atoms with van der Waals surface area (Å²) in [6.45, 7) is 5.23. The number of aromatic nitrogens is 2. The van der Waals surface area contributed by atoms with Crippen LogP contribution < -0.4 is 20.3 Å². The molecule has 0 spiro atoms. The monoisotopic (exact) mass is 646 g/mol. The van der Waals surface area contributed by atoms with Gasteiger partial charge < -0.3 is 14.8 Å². The van der Waals surface area contributed by atoms with E-state index in [0.29, 0.717) is 23.7 Å². The van der Waals surface area contributed by atoms with Crippen molar-refractivity contribution >= 4 is 56.5 Å². The fourth-order valence-corrected chi connectivity index (χ4v) is 6.01. The molecule has 11 nitrogen and oxygen atoms in total. The van der Waals surface area contributed by atoms with Crippen LogP contribution in [-0.4, -0.2) is 42.4 Å². The number of halogens is 2. The quantitative estimate of drug-likeness (QED) is 0.227. The minimum atomic E-state index is -4.27. The van der Waals surface area contributed by atoms with Crippen molar-refractivity contribution in [2.45, 2.75) is 31.8 Å². The fraction of sp³-hybridized carbons (Fsp3) is 0.207. The summed E-state index contributed by atoms with van der Waals surface area (Å²) in [6.07, 6.45) is -1.38. The van der Waals surface area contributed by atoms with Crippen molar-refractivity contribution in [1.29, 1.82) is 0 Å². The van der Waals surface area contributed by atoms with E-state index in [1.165, 1.54) is 23.7 Å². The molecule has 43 heavy (non-hydrogen) atoms. The van der Waals surface area contributed by atoms with E-state index < -0.39 is 38.5 Å². The van der Waals surface area contributed by atoms with Gasteiger partial charge >= 0.3 is 5.97 Å². The zero-order chi connectivity index (χ0) is 31.5. The molecule has 1 heterocycles. The highest BCUT2D eigenvalue weighted by Crippen LogP contribution is 2.31. The van der Waals surface area contributed by atoms with E-state index in [2.05, 4.69) is 10.0 Å². The number of hydrogen-bond acceptors (Lipinski definition) is 7. The lowest BCUT2D eigenvalue weighted by Crippen LogP contribution is -2.32. The largest absolute Gasteiger partial charge is 0.494 e. The lowest BCUT2D eigenvalue weighted by molar-refractivity contribution is -0.123. The molecule has 0 bridgehead atoms. The zero-order valence-electron chi connectivity index (χ0n) is 23.6. The standard InChI is InChI=1S/C29H28Cl2N4O7S/c1-5-41-21-13-11-19(12-14-21)33-43(39,40)25-15-22(23(30)16-24(25)31)29(38)42-18(3)27(36)32-26-17(2)34(4)35(28(26)37)20-9-7-6-8-10-20/h6-16,18,33H,5H2,1-4H3,(H,32,36). The van der Waals surface area contributed by atoms with Crippen LogP contribution in [0.15, 0.2) is 76.4 Å². The number of hydrogen-bond donors (Lipinski definition) is 2. The van der Waals surface area contributed by atoms with E-state index in [9.17, 15) is 22.8 Å². The topological polar surface area (TPSA) is 138 Å². The van der Waals surface area contributed by atoms with E-state index in [1.807, 2.05) is 13.0 Å². The Balaban J connectivity index is 1.52. The van der Waals surface area contributed by atoms with E-state index >= 15 is 0 Å². The Kier molecular flexibility index (Phi) is 9.53. The summed E-state index contributed by atoms with van der Waals surface area (Å²) in [5, 5.41) is 2.10. The molecule has 1 aromatic heterocycles. The Labute approximate surface area is 258 Å². The Hall–Kier alpha value is -4.26. The number of carbonyl (C=O) groups excluding carboxylic acids is 2. The Morgan fingerprint density at radius 1 is 1.00 bits per heavy atom. The first-order chi connectivity index (χ1) is 20.3. The summed E-state index contributed by atoms with van der Waals surface area (Å²) in [5.41, 5.74) is 0.493. The first-order valence-electron chi connectivity index (χ1n) is 12.9. The van der Waals surface area contributed by atoms with Gasteiger partial charge in [0.05, 0.1) is 33.6 Å². The van der Waals surface area contributed by atoms with Gasteiger partial charge in [-0.15, -0.1) is 0 Å². The molecule has 0 saturated carbocycles. The molecule has 226 valence electrons. The average Bonchev–Trinajstić information content (AvgIpc) is 3.17. The fourth-order valence-electron chi connectivity index (χ4n) is 4.10. The Morgan fingerprint density at radius 2 is 1.65 bits per heavy atom. The van der Waals surface area contributed by atoms with Crippen molar-refractivity contribution in [2.24, 2.45) is 7.05 Å². The molecule has 0 radical (unpaired) electrons. The molecule has 1 amide bonds. The van der Waals surface area contributed by atoms with Gasteiger partial charge in [0.15, 0.2) is 6.10 Å². The third kappa shape index (κ3) is 6.87. The highest BCUT2D eigenvalue weighted by Gasteiger charge is 2.27. The first kappa shape index (κ1) is 31.7. The van der Waals surface area contributed by atoms with Gasteiger partial charge in [0.25, 0.3) is 21.5 Å². The first-order valence-corrected chi connectivity index (χ1v) is 15.2. The molecule has 0 aliphatic carbocycles. The van der Waals surface area contributed by atoms with Gasteiger partial charge in [0, 0.05) is 12.7 Å². The van der Waals surface area contributed by atoms with Crippen molar-refractivity contribution in [1.82, 2.24) is 9.36 Å². The smallest absolute Gasteiger partial charge is 0.340 e. The SMILES string of the molecule is CCOc1ccc(NS(=O)(=O)c2cc(C(=O)OC(C)C(=O)Nc3c(C)n(C)n(-c4ccccc4)c3=O)c(Cl)cc2Cl)cc1. The molecule has 0 saturated heterocycles. The molecular formula is C29H28Cl2N4O7S. The van der Waals surface area contributed by atoms with Crippen LogP contribution in [0, 0.1) is 6.92 Å². The molecule has 0 aliphatic heterocycles. The number of esters is 1. The number of anilines is 2. The van der Waals surface area contributed by atoms with Crippen molar-refractivity contribution in [3.63, 3.8) is 0 Å². The maximum atomic E-state index is 13.1. The number of rotatable bonds is 10. The van der Waals surface area contributed by atoms with Gasteiger partial charge in [-0.25, -0.2) is 17.9 Å². The number of carbonyl (C=O) groups is 2. The molecule has 14 heteroatoms. The van der Waals surface area contributed by atoms with Gasteiger partial charge in [-0.05, 0) is 69.3 Å². The lowest BCUT2D eigenvalue weighted by atomic mass is 10.2. The number of ether oxygens (including phenoxy) is 2. The number of para-hydroxylation sites is 1. The van der Waals surface area contributed by atoms with E-state index in [-0.39, 0.29) is 27.0 Å². The second-order valence-corrected chi connectivity index (χ2v) is 11.8. The van der Waals surface area contributed by atoms with Crippen LogP contribution >= 0.6 is 23.2 Å². The van der Waals surface area contributed by atoms with Crippen LogP contribution in [0.4, 0.5) is 11.4 Å². The van der Waals surface area contributed by atoms with Crippen LogP contribution in [-0.2, 0) is 26.6 Å². The normalized spacial score (nSPS) is 12.0. The molecule has 1 atom stereocenters. The van der Waals surface area contributed by atoms with E-state index in [4.69, 9.17) is 32.7 Å². The number of sulfonamides is 1. The van der Waals surface area contributed by atoms with Gasteiger partial charge in [-0.2, -0.15) is 0 Å². The maximum Gasteiger partial charge on any atom is 0.340 e.